The molecule has 0 aliphatic carbocycles. The molecule has 0 heterocycles. The van der Waals surface area contributed by atoms with Gasteiger partial charge in [0, 0.05) is 10.0 Å². The molecule has 1 atom stereocenters. The molecule has 1 nitrogen and oxygen atoms in total. The van der Waals surface area contributed by atoms with Gasteiger partial charge in [-0.2, -0.15) is 0 Å². The molecule has 0 aliphatic heterocycles. The molecule has 0 bridgehead atoms. The average Bonchev–Trinajstić information content (AvgIpc) is 2.46. The fourth-order valence-electron chi connectivity index (χ4n) is 2.17. The van der Waals surface area contributed by atoms with E-state index < -0.39 is 17.7 Å². The fourth-order valence-corrected chi connectivity index (χ4v) is 2.93. The zero-order chi connectivity index (χ0) is 15.4. The molecule has 2 aromatic carbocycles. The molecule has 0 amide bonds. The van der Waals surface area contributed by atoms with E-state index in [1.54, 1.807) is 0 Å². The van der Waals surface area contributed by atoms with Crippen LogP contribution in [0.5, 0.6) is 0 Å². The van der Waals surface area contributed by atoms with Crippen LogP contribution in [-0.2, 0) is 0 Å². The summed E-state index contributed by atoms with van der Waals surface area (Å²) in [5.41, 5.74) is 0.852. The Morgan fingerprint density at radius 2 is 1.90 bits per heavy atom. The number of hydrogen-bond acceptors (Lipinski definition) is 1. The Kier molecular flexibility index (Phi) is 5.90. The zero-order valence-corrected chi connectivity index (χ0v) is 14.6. The summed E-state index contributed by atoms with van der Waals surface area (Å²) < 4.78 is 29.7. The van der Waals surface area contributed by atoms with Gasteiger partial charge in [-0.1, -0.05) is 35.0 Å². The van der Waals surface area contributed by atoms with Crippen LogP contribution in [0.25, 0.3) is 0 Å². The van der Waals surface area contributed by atoms with Crippen molar-refractivity contribution >= 4 is 31.9 Å². The monoisotopic (exact) mass is 417 g/mol. The van der Waals surface area contributed by atoms with Gasteiger partial charge in [-0.15, -0.1) is 0 Å². The number of halogens is 4. The van der Waals surface area contributed by atoms with E-state index in [1.165, 1.54) is 12.1 Å². The molecule has 0 aliphatic rings. The summed E-state index contributed by atoms with van der Waals surface area (Å²) in [6, 6.07) is 9.60. The summed E-state index contributed by atoms with van der Waals surface area (Å²) in [6.07, 6.45) is 0.877. The van der Waals surface area contributed by atoms with E-state index in [1.807, 2.05) is 31.2 Å². The van der Waals surface area contributed by atoms with Crippen LogP contribution in [0.3, 0.4) is 0 Å². The molecule has 1 N–H and O–H groups in total. The number of nitrogens with one attached hydrogen (secondary N) is 1. The van der Waals surface area contributed by atoms with Gasteiger partial charge in [0.25, 0.3) is 0 Å². The van der Waals surface area contributed by atoms with Crippen molar-refractivity contribution in [2.45, 2.75) is 19.4 Å². The number of hydrogen-bond donors (Lipinski definition) is 1. The summed E-state index contributed by atoms with van der Waals surface area (Å²) in [4.78, 5) is 0. The molecule has 0 spiro atoms. The minimum Gasteiger partial charge on any atom is -0.306 e. The van der Waals surface area contributed by atoms with Crippen molar-refractivity contribution in [3.8, 4) is 0 Å². The second kappa shape index (κ2) is 7.47. The summed E-state index contributed by atoms with van der Waals surface area (Å²) in [6.45, 7) is 2.68. The molecule has 21 heavy (non-hydrogen) atoms. The van der Waals surface area contributed by atoms with Gasteiger partial charge in [0.2, 0.25) is 0 Å². The van der Waals surface area contributed by atoms with Crippen molar-refractivity contribution in [2.75, 3.05) is 6.54 Å². The zero-order valence-electron chi connectivity index (χ0n) is 11.5. The largest absolute Gasteiger partial charge is 0.306 e. The molecule has 0 saturated carbocycles. The van der Waals surface area contributed by atoms with Crippen LogP contribution in [0.4, 0.5) is 8.78 Å². The van der Waals surface area contributed by atoms with E-state index in [-0.39, 0.29) is 10.0 Å². The van der Waals surface area contributed by atoms with Gasteiger partial charge in [0.05, 0.1) is 10.5 Å². The third kappa shape index (κ3) is 3.90. The second-order valence-corrected chi connectivity index (χ2v) is 6.47. The summed E-state index contributed by atoms with van der Waals surface area (Å²) in [5, 5.41) is 3.22. The molecule has 2 aromatic rings. The maximum absolute atomic E-state index is 14.4. The van der Waals surface area contributed by atoms with Gasteiger partial charge < -0.3 is 5.32 Å². The first-order chi connectivity index (χ1) is 10.0. The quantitative estimate of drug-likeness (QED) is 0.625. The molecular weight excluding hydrogens is 404 g/mol. The molecule has 1 unspecified atom stereocenters. The van der Waals surface area contributed by atoms with Crippen LogP contribution in [0.15, 0.2) is 45.3 Å². The van der Waals surface area contributed by atoms with Crippen LogP contribution in [0.1, 0.15) is 30.5 Å². The highest BCUT2D eigenvalue weighted by atomic mass is 79.9. The standard InChI is InChI=1S/C16H15Br2F2N/c1-2-8-21-16(10-4-3-5-11(17)9-10)14-13(19)7-6-12(18)15(14)20/h3-7,9,16,21H,2,8H2,1H3. The highest BCUT2D eigenvalue weighted by Gasteiger charge is 2.23. The molecule has 0 aromatic heterocycles. The first-order valence-corrected chi connectivity index (χ1v) is 8.25. The SMILES string of the molecule is CCCNC(c1cccc(Br)c1)c1c(F)ccc(Br)c1F. The van der Waals surface area contributed by atoms with Crippen LogP contribution in [0, 0.1) is 11.6 Å². The third-order valence-electron chi connectivity index (χ3n) is 3.15. The van der Waals surface area contributed by atoms with E-state index in [0.29, 0.717) is 6.54 Å². The lowest BCUT2D eigenvalue weighted by molar-refractivity contribution is 0.500. The van der Waals surface area contributed by atoms with Crippen LogP contribution in [0.2, 0.25) is 0 Å². The Morgan fingerprint density at radius 3 is 2.57 bits per heavy atom. The number of rotatable bonds is 5. The average molecular weight is 419 g/mol. The molecule has 112 valence electrons. The third-order valence-corrected chi connectivity index (χ3v) is 4.25. The van der Waals surface area contributed by atoms with Crippen molar-refractivity contribution in [2.24, 2.45) is 0 Å². The van der Waals surface area contributed by atoms with E-state index in [0.717, 1.165) is 16.5 Å². The van der Waals surface area contributed by atoms with Gasteiger partial charge in [-0.3, -0.25) is 0 Å². The summed E-state index contributed by atoms with van der Waals surface area (Å²) in [5.74, 6) is -1.12. The molecule has 2 rings (SSSR count). The van der Waals surface area contributed by atoms with Crippen molar-refractivity contribution in [3.05, 3.63) is 68.1 Å². The smallest absolute Gasteiger partial charge is 0.145 e. The van der Waals surface area contributed by atoms with Crippen molar-refractivity contribution in [3.63, 3.8) is 0 Å². The maximum Gasteiger partial charge on any atom is 0.145 e. The highest BCUT2D eigenvalue weighted by Crippen LogP contribution is 2.31. The minimum atomic E-state index is -0.566. The normalized spacial score (nSPS) is 12.4. The van der Waals surface area contributed by atoms with E-state index in [2.05, 4.69) is 37.2 Å². The van der Waals surface area contributed by atoms with Gasteiger partial charge in [-0.05, 0) is 58.7 Å². The minimum absolute atomic E-state index is 0.0379. The predicted molar refractivity (Wildman–Crippen MR) is 88.3 cm³/mol. The molecule has 0 fully saturated rings. The van der Waals surface area contributed by atoms with E-state index in [9.17, 15) is 8.78 Å². The maximum atomic E-state index is 14.4. The molecule has 0 radical (unpaired) electrons. The first-order valence-electron chi connectivity index (χ1n) is 6.66. The second-order valence-electron chi connectivity index (χ2n) is 4.70. The van der Waals surface area contributed by atoms with Crippen LogP contribution < -0.4 is 5.32 Å². The van der Waals surface area contributed by atoms with Crippen molar-refractivity contribution in [1.29, 1.82) is 0 Å². The predicted octanol–water partition coefficient (Wildman–Crippen LogP) is 5.58. The highest BCUT2D eigenvalue weighted by molar-refractivity contribution is 9.10. The van der Waals surface area contributed by atoms with Crippen LogP contribution >= 0.6 is 31.9 Å². The fraction of sp³-hybridized carbons (Fsp3) is 0.250. The summed E-state index contributed by atoms with van der Waals surface area (Å²) in [7, 11) is 0. The lowest BCUT2D eigenvalue weighted by Crippen LogP contribution is -2.25. The lowest BCUT2D eigenvalue weighted by Gasteiger charge is -2.21. The molecular formula is C16H15Br2F2N. The summed E-state index contributed by atoms with van der Waals surface area (Å²) >= 11 is 6.52. The van der Waals surface area contributed by atoms with Crippen molar-refractivity contribution < 1.29 is 8.78 Å². The van der Waals surface area contributed by atoms with Crippen molar-refractivity contribution in [1.82, 2.24) is 5.32 Å². The Labute approximate surface area is 140 Å². The van der Waals surface area contributed by atoms with E-state index >= 15 is 0 Å². The van der Waals surface area contributed by atoms with Gasteiger partial charge in [0.1, 0.15) is 11.6 Å². The Bertz CT molecular complexity index is 632. The van der Waals surface area contributed by atoms with Gasteiger partial charge in [0.15, 0.2) is 0 Å². The molecule has 5 heteroatoms. The van der Waals surface area contributed by atoms with Gasteiger partial charge in [-0.25, -0.2) is 8.78 Å². The number of benzene rings is 2. The van der Waals surface area contributed by atoms with Gasteiger partial charge >= 0.3 is 0 Å². The topological polar surface area (TPSA) is 12.0 Å². The Balaban J connectivity index is 2.53. The Morgan fingerprint density at radius 1 is 1.14 bits per heavy atom. The first kappa shape index (κ1) is 16.6. The molecule has 0 saturated heterocycles. The van der Waals surface area contributed by atoms with Crippen LogP contribution in [-0.4, -0.2) is 6.54 Å². The van der Waals surface area contributed by atoms with E-state index in [4.69, 9.17) is 0 Å². The Hall–Kier alpha value is -0.780. The lowest BCUT2D eigenvalue weighted by atomic mass is 9.97.